The Morgan fingerprint density at radius 3 is 2.53 bits per heavy atom. The molecule has 0 amide bonds. The van der Waals surface area contributed by atoms with Gasteiger partial charge in [-0.05, 0) is 37.3 Å². The number of halogens is 1. The molecule has 104 valence electrons. The van der Waals surface area contributed by atoms with Crippen LogP contribution >= 0.6 is 0 Å². The van der Waals surface area contributed by atoms with Gasteiger partial charge >= 0.3 is 0 Å². The number of ketones is 1. The first kappa shape index (κ1) is 14.0. The highest BCUT2D eigenvalue weighted by Crippen LogP contribution is 2.36. The molecule has 1 aromatic carbocycles. The minimum Gasteiger partial charge on any atom is -0.371 e. The van der Waals surface area contributed by atoms with Crippen molar-refractivity contribution in [3.63, 3.8) is 0 Å². The molecule has 0 atom stereocenters. The van der Waals surface area contributed by atoms with E-state index >= 15 is 0 Å². The molecule has 1 aliphatic rings. The highest BCUT2D eigenvalue weighted by atomic mass is 19.1. The van der Waals surface area contributed by atoms with Gasteiger partial charge in [-0.25, -0.2) is 4.39 Å². The first-order valence-electron chi connectivity index (χ1n) is 7.01. The van der Waals surface area contributed by atoms with E-state index in [1.165, 1.54) is 19.4 Å². The summed E-state index contributed by atoms with van der Waals surface area (Å²) in [5, 5.41) is 0. The van der Waals surface area contributed by atoms with Crippen molar-refractivity contribution in [3.05, 3.63) is 29.6 Å². The standard InChI is InChI=1S/C16H22FNO/c1-4-16(3)8-10-18(11-9-16)14-7-5-6-13(17)15(14)12(2)19/h5-7H,4,8-11H2,1-3H3. The van der Waals surface area contributed by atoms with Crippen LogP contribution in [0.2, 0.25) is 0 Å². The maximum Gasteiger partial charge on any atom is 0.164 e. The number of anilines is 1. The molecule has 1 saturated heterocycles. The molecule has 0 saturated carbocycles. The van der Waals surface area contributed by atoms with Crippen LogP contribution in [0.3, 0.4) is 0 Å². The molecule has 3 heteroatoms. The lowest BCUT2D eigenvalue weighted by Gasteiger charge is -2.40. The van der Waals surface area contributed by atoms with Crippen LogP contribution in [0, 0.1) is 11.2 Å². The first-order chi connectivity index (χ1) is 8.97. The Labute approximate surface area is 114 Å². The zero-order valence-electron chi connectivity index (χ0n) is 12.0. The van der Waals surface area contributed by atoms with E-state index in [2.05, 4.69) is 18.7 Å². The van der Waals surface area contributed by atoms with Crippen LogP contribution in [0.1, 0.15) is 50.4 Å². The molecule has 19 heavy (non-hydrogen) atoms. The molecule has 2 rings (SSSR count). The summed E-state index contributed by atoms with van der Waals surface area (Å²) in [7, 11) is 0. The van der Waals surface area contributed by atoms with Crippen LogP contribution in [0.4, 0.5) is 10.1 Å². The first-order valence-corrected chi connectivity index (χ1v) is 7.01. The number of Topliss-reactive ketones (excluding diaryl/α,β-unsaturated/α-hetero) is 1. The number of carbonyl (C=O) groups is 1. The summed E-state index contributed by atoms with van der Waals surface area (Å²) in [5.41, 5.74) is 1.38. The third-order valence-electron chi connectivity index (χ3n) is 4.51. The second kappa shape index (κ2) is 5.32. The number of piperidine rings is 1. The summed E-state index contributed by atoms with van der Waals surface area (Å²) in [6.07, 6.45) is 3.36. The van der Waals surface area contributed by atoms with Gasteiger partial charge in [-0.15, -0.1) is 0 Å². The molecule has 2 nitrogen and oxygen atoms in total. The van der Waals surface area contributed by atoms with Crippen LogP contribution in [0.15, 0.2) is 18.2 Å². The van der Waals surface area contributed by atoms with E-state index < -0.39 is 5.82 Å². The van der Waals surface area contributed by atoms with Crippen LogP contribution < -0.4 is 4.90 Å². The predicted octanol–water partition coefficient (Wildman–Crippen LogP) is 4.04. The third kappa shape index (κ3) is 2.80. The monoisotopic (exact) mass is 263 g/mol. The van der Waals surface area contributed by atoms with Crippen molar-refractivity contribution < 1.29 is 9.18 Å². The number of hydrogen-bond acceptors (Lipinski definition) is 2. The molecule has 1 heterocycles. The highest BCUT2D eigenvalue weighted by Gasteiger charge is 2.29. The molecule has 1 fully saturated rings. The molecule has 0 radical (unpaired) electrons. The van der Waals surface area contributed by atoms with Gasteiger partial charge < -0.3 is 4.90 Å². The van der Waals surface area contributed by atoms with Crippen molar-refractivity contribution in [2.24, 2.45) is 5.41 Å². The topological polar surface area (TPSA) is 20.3 Å². The molecule has 0 N–H and O–H groups in total. The lowest BCUT2D eigenvalue weighted by atomic mass is 9.78. The Hall–Kier alpha value is -1.38. The molecule has 0 bridgehead atoms. The van der Waals surface area contributed by atoms with Crippen LogP contribution in [0.25, 0.3) is 0 Å². The zero-order chi connectivity index (χ0) is 14.0. The molecular weight excluding hydrogens is 241 g/mol. The van der Waals surface area contributed by atoms with Crippen molar-refractivity contribution in [1.82, 2.24) is 0 Å². The van der Waals surface area contributed by atoms with Crippen molar-refractivity contribution in [2.75, 3.05) is 18.0 Å². The second-order valence-corrected chi connectivity index (χ2v) is 5.84. The Balaban J connectivity index is 2.25. The van der Waals surface area contributed by atoms with E-state index in [0.717, 1.165) is 31.6 Å². The Morgan fingerprint density at radius 2 is 2.00 bits per heavy atom. The largest absolute Gasteiger partial charge is 0.371 e. The fourth-order valence-electron chi connectivity index (χ4n) is 2.77. The van der Waals surface area contributed by atoms with Gasteiger partial charge in [-0.1, -0.05) is 26.3 Å². The summed E-state index contributed by atoms with van der Waals surface area (Å²) in [5.74, 6) is -0.606. The molecule has 0 aliphatic carbocycles. The maximum absolute atomic E-state index is 13.8. The van der Waals surface area contributed by atoms with Gasteiger partial charge in [0.2, 0.25) is 0 Å². The number of rotatable bonds is 3. The van der Waals surface area contributed by atoms with E-state index in [1.807, 2.05) is 6.07 Å². The summed E-state index contributed by atoms with van der Waals surface area (Å²) < 4.78 is 13.8. The number of carbonyl (C=O) groups excluding carboxylic acids is 1. The second-order valence-electron chi connectivity index (χ2n) is 5.84. The molecule has 0 unspecified atom stereocenters. The summed E-state index contributed by atoms with van der Waals surface area (Å²) in [4.78, 5) is 13.8. The lowest BCUT2D eigenvalue weighted by Crippen LogP contribution is -2.39. The van der Waals surface area contributed by atoms with Gasteiger partial charge in [-0.3, -0.25) is 4.79 Å². The van der Waals surface area contributed by atoms with Crippen molar-refractivity contribution >= 4 is 11.5 Å². The van der Waals surface area contributed by atoms with E-state index in [-0.39, 0.29) is 11.3 Å². The summed E-state index contributed by atoms with van der Waals surface area (Å²) in [6, 6.07) is 4.90. The van der Waals surface area contributed by atoms with Gasteiger partial charge in [-0.2, -0.15) is 0 Å². The Bertz CT molecular complexity index is 476. The highest BCUT2D eigenvalue weighted by molar-refractivity contribution is 6.00. The minimum atomic E-state index is -0.408. The number of hydrogen-bond donors (Lipinski definition) is 0. The van der Waals surface area contributed by atoms with E-state index in [0.29, 0.717) is 5.41 Å². The Morgan fingerprint density at radius 1 is 1.37 bits per heavy atom. The SMILES string of the molecule is CCC1(C)CCN(c2cccc(F)c2C(C)=O)CC1. The minimum absolute atomic E-state index is 0.197. The summed E-state index contributed by atoms with van der Waals surface area (Å²) >= 11 is 0. The number of nitrogens with zero attached hydrogens (tertiary/aromatic N) is 1. The average molecular weight is 263 g/mol. The van der Waals surface area contributed by atoms with Gasteiger partial charge in [0.15, 0.2) is 5.78 Å². The lowest BCUT2D eigenvalue weighted by molar-refractivity contribution is 0.101. The van der Waals surface area contributed by atoms with E-state index in [4.69, 9.17) is 0 Å². The molecule has 1 aromatic rings. The molecular formula is C16H22FNO. The van der Waals surface area contributed by atoms with Gasteiger partial charge in [0.1, 0.15) is 5.82 Å². The zero-order valence-corrected chi connectivity index (χ0v) is 12.0. The van der Waals surface area contributed by atoms with Crippen molar-refractivity contribution in [3.8, 4) is 0 Å². The fraction of sp³-hybridized carbons (Fsp3) is 0.562. The smallest absolute Gasteiger partial charge is 0.164 e. The van der Waals surface area contributed by atoms with Crippen molar-refractivity contribution in [2.45, 2.75) is 40.0 Å². The van der Waals surface area contributed by atoms with Crippen LogP contribution in [-0.4, -0.2) is 18.9 Å². The average Bonchev–Trinajstić information content (AvgIpc) is 2.39. The van der Waals surface area contributed by atoms with Crippen LogP contribution in [0.5, 0.6) is 0 Å². The predicted molar refractivity (Wildman–Crippen MR) is 76.2 cm³/mol. The van der Waals surface area contributed by atoms with Crippen LogP contribution in [-0.2, 0) is 0 Å². The third-order valence-corrected chi connectivity index (χ3v) is 4.51. The van der Waals surface area contributed by atoms with Gasteiger partial charge in [0, 0.05) is 13.1 Å². The van der Waals surface area contributed by atoms with Crippen molar-refractivity contribution in [1.29, 1.82) is 0 Å². The van der Waals surface area contributed by atoms with Gasteiger partial charge in [0.25, 0.3) is 0 Å². The summed E-state index contributed by atoms with van der Waals surface area (Å²) in [6.45, 7) is 7.75. The van der Waals surface area contributed by atoms with E-state index in [1.54, 1.807) is 6.07 Å². The quantitative estimate of drug-likeness (QED) is 0.767. The normalized spacial score (nSPS) is 18.4. The molecule has 0 aromatic heterocycles. The maximum atomic E-state index is 13.8. The number of benzene rings is 1. The Kier molecular flexibility index (Phi) is 3.93. The van der Waals surface area contributed by atoms with Gasteiger partial charge in [0.05, 0.1) is 11.3 Å². The molecule has 1 aliphatic heterocycles. The van der Waals surface area contributed by atoms with E-state index in [9.17, 15) is 9.18 Å². The fourth-order valence-corrected chi connectivity index (χ4v) is 2.77. The molecule has 0 spiro atoms.